The van der Waals surface area contributed by atoms with Gasteiger partial charge in [-0.3, -0.25) is 5.32 Å². The number of hydrogen-bond acceptors (Lipinski definition) is 13. The minimum absolute atomic E-state index is 0.0138. The van der Waals surface area contributed by atoms with Crippen LogP contribution in [-0.4, -0.2) is 84.8 Å². The molecule has 2 aromatic rings. The average molecular weight is 758 g/mol. The van der Waals surface area contributed by atoms with Crippen LogP contribution in [0.5, 0.6) is 0 Å². The lowest BCUT2D eigenvalue weighted by Crippen LogP contribution is -2.54. The average Bonchev–Trinajstić information content (AvgIpc) is 3.88. The summed E-state index contributed by atoms with van der Waals surface area (Å²) in [6, 6.07) is 0.710. The van der Waals surface area contributed by atoms with Crippen molar-refractivity contribution in [2.75, 3.05) is 14.2 Å². The molecule has 4 aliphatic rings. The lowest BCUT2D eigenvalue weighted by atomic mass is 9.80. The second-order valence-electron chi connectivity index (χ2n) is 15.0. The van der Waals surface area contributed by atoms with Crippen molar-refractivity contribution < 1.29 is 57.2 Å². The summed E-state index contributed by atoms with van der Waals surface area (Å²) in [7, 11) is 2.49. The van der Waals surface area contributed by atoms with Crippen molar-refractivity contribution >= 4 is 23.9 Å². The summed E-state index contributed by atoms with van der Waals surface area (Å²) in [6.45, 7) is 23.4. The third kappa shape index (κ3) is 7.07. The van der Waals surface area contributed by atoms with Gasteiger partial charge in [0.15, 0.2) is 0 Å². The first kappa shape index (κ1) is 39.5. The van der Waals surface area contributed by atoms with Crippen molar-refractivity contribution in [1.82, 2.24) is 5.32 Å². The highest BCUT2D eigenvalue weighted by molar-refractivity contribution is 5.95. The van der Waals surface area contributed by atoms with Gasteiger partial charge in [0.05, 0.1) is 61.5 Å². The largest absolute Gasteiger partial charge is 0.465 e. The van der Waals surface area contributed by atoms with Crippen molar-refractivity contribution in [2.24, 2.45) is 11.8 Å². The fraction of sp³-hybridized carbons (Fsp3) is 0.429. The van der Waals surface area contributed by atoms with Gasteiger partial charge in [0.25, 0.3) is 0 Å². The third-order valence-electron chi connectivity index (χ3n) is 11.1. The van der Waals surface area contributed by atoms with E-state index in [-0.39, 0.29) is 52.4 Å². The van der Waals surface area contributed by atoms with Gasteiger partial charge in [-0.2, -0.15) is 0 Å². The van der Waals surface area contributed by atoms with Crippen molar-refractivity contribution in [3.63, 3.8) is 0 Å². The number of rotatable bonds is 8. The van der Waals surface area contributed by atoms with E-state index in [1.807, 2.05) is 0 Å². The fourth-order valence-corrected chi connectivity index (χ4v) is 8.16. The number of aliphatic hydroxyl groups is 2. The van der Waals surface area contributed by atoms with Crippen LogP contribution in [0.25, 0.3) is 0 Å². The molecule has 8 bridgehead atoms. The van der Waals surface area contributed by atoms with E-state index < -0.39 is 84.0 Å². The molecular formula is C42H47NO12. The minimum atomic E-state index is -1.44. The first-order chi connectivity index (χ1) is 26.0. The van der Waals surface area contributed by atoms with E-state index in [0.29, 0.717) is 28.1 Å². The van der Waals surface area contributed by atoms with Crippen LogP contribution < -0.4 is 5.32 Å². The first-order valence-corrected chi connectivity index (χ1v) is 18.0. The summed E-state index contributed by atoms with van der Waals surface area (Å²) in [5, 5.41) is 27.5. The molecule has 0 aliphatic carbocycles. The second-order valence-corrected chi connectivity index (χ2v) is 15.0. The Balaban J connectivity index is 1.55. The van der Waals surface area contributed by atoms with Gasteiger partial charge in [-0.15, -0.1) is 0 Å². The molecule has 1 fully saturated rings. The Morgan fingerprint density at radius 2 is 1.20 bits per heavy atom. The van der Waals surface area contributed by atoms with Crippen LogP contribution in [0.4, 0.5) is 0 Å². The molecule has 13 heteroatoms. The van der Waals surface area contributed by atoms with Crippen molar-refractivity contribution in [3.05, 3.63) is 118 Å². The zero-order chi connectivity index (χ0) is 40.2. The van der Waals surface area contributed by atoms with Crippen LogP contribution in [0.15, 0.2) is 92.9 Å². The molecule has 10 atom stereocenters. The van der Waals surface area contributed by atoms with Gasteiger partial charge < -0.3 is 38.0 Å². The van der Waals surface area contributed by atoms with Crippen LogP contribution in [0, 0.1) is 11.8 Å². The maximum absolute atomic E-state index is 13.9. The molecule has 55 heavy (non-hydrogen) atoms. The Morgan fingerprint density at radius 1 is 0.709 bits per heavy atom. The molecule has 3 N–H and O–H groups in total. The summed E-state index contributed by atoms with van der Waals surface area (Å²) in [5.74, 6) is -4.87. The molecule has 0 saturated carbocycles. The minimum Gasteiger partial charge on any atom is -0.465 e. The Hall–Kier alpha value is -5.24. The summed E-state index contributed by atoms with van der Waals surface area (Å²) in [4.78, 5) is 53.8. The highest BCUT2D eigenvalue weighted by atomic mass is 16.6. The summed E-state index contributed by atoms with van der Waals surface area (Å²) in [5.41, 5.74) is 2.51. The molecule has 292 valence electrons. The number of furan rings is 2. The highest BCUT2D eigenvalue weighted by Gasteiger charge is 2.51. The smallest absolute Gasteiger partial charge is 0.341 e. The van der Waals surface area contributed by atoms with E-state index in [9.17, 15) is 29.4 Å². The molecule has 0 spiro atoms. The third-order valence-corrected chi connectivity index (χ3v) is 11.1. The highest BCUT2D eigenvalue weighted by Crippen LogP contribution is 2.43. The van der Waals surface area contributed by atoms with Gasteiger partial charge >= 0.3 is 23.9 Å². The Kier molecular flexibility index (Phi) is 10.8. The molecular weight excluding hydrogens is 710 g/mol. The molecule has 0 unspecified atom stereocenters. The quantitative estimate of drug-likeness (QED) is 0.191. The number of fused-ring (bicyclic) bond motifs is 7. The molecule has 13 nitrogen and oxygen atoms in total. The van der Waals surface area contributed by atoms with Gasteiger partial charge in [-0.05, 0) is 52.0 Å². The van der Waals surface area contributed by atoms with E-state index in [4.69, 9.17) is 27.8 Å². The van der Waals surface area contributed by atoms with Gasteiger partial charge in [0, 0.05) is 24.7 Å². The van der Waals surface area contributed by atoms with Crippen molar-refractivity contribution in [1.29, 1.82) is 0 Å². The predicted octanol–water partition coefficient (Wildman–Crippen LogP) is 4.71. The molecule has 0 amide bonds. The van der Waals surface area contributed by atoms with E-state index in [1.54, 1.807) is 39.8 Å². The van der Waals surface area contributed by atoms with E-state index >= 15 is 0 Å². The van der Waals surface area contributed by atoms with Crippen LogP contribution in [0.3, 0.4) is 0 Å². The van der Waals surface area contributed by atoms with Crippen LogP contribution in [0.2, 0.25) is 0 Å². The number of nitrogens with one attached hydrogen (secondary N) is 1. The summed E-state index contributed by atoms with van der Waals surface area (Å²) < 4.78 is 34.7. The maximum atomic E-state index is 13.9. The van der Waals surface area contributed by atoms with E-state index in [1.165, 1.54) is 26.4 Å². The number of methoxy groups -OCH3 is 2. The normalized spacial score (nSPS) is 31.0. The van der Waals surface area contributed by atoms with E-state index in [0.717, 1.165) is 0 Å². The van der Waals surface area contributed by atoms with Crippen molar-refractivity contribution in [2.45, 2.75) is 88.9 Å². The predicted molar refractivity (Wildman–Crippen MR) is 198 cm³/mol. The first-order valence-electron chi connectivity index (χ1n) is 18.0. The fourth-order valence-electron chi connectivity index (χ4n) is 8.16. The van der Waals surface area contributed by atoms with Gasteiger partial charge in [-0.1, -0.05) is 48.6 Å². The number of carbonyl (C=O) groups excluding carboxylic acids is 4. The number of hydrogen-bond donors (Lipinski definition) is 3. The molecule has 0 radical (unpaired) electrons. The van der Waals surface area contributed by atoms with Gasteiger partial charge in [0.2, 0.25) is 0 Å². The lowest BCUT2D eigenvalue weighted by molar-refractivity contribution is -0.141. The zero-order valence-corrected chi connectivity index (χ0v) is 31.8. The molecule has 6 rings (SSSR count). The van der Waals surface area contributed by atoms with Crippen LogP contribution >= 0.6 is 0 Å². The SMILES string of the molecule is C=C(C)[C@H]1Cc2oc(cc2C(=O)OC)[C@H](C(=C)C)[C@H]2C=C(C(=O)O2)[C@H](N[C@@H]2/C3=C\[C@H](O)[C@@H](C(=C)C)Cc4oc(cc4C(=O)OC)[C@H](C(=C)C)[C@@H]2OC3=O)[C@@H]1O. The standard InChI is InChI=1S/C42H47NO12/c1-17(2)21-12-28-24(40(47)51-10)15-32(53-28)34(20(7)8)38-36(25(11-27(21)44)42(49)55-38)43-35-26-16-31(54-41(26)48)33(19(5)6)30-14-23(39(46)50-9)29(52-30)13-22(18(3)4)37(35)45/h11,14-16,21-22,27,31,33-38,43-45H,1,3,5,7,12-13H2,2,4,6,8-10H3/b25-11+/t21-,22-,27+,31-,33+,34+,35+,36-,37-,38+/m1/s1. The van der Waals surface area contributed by atoms with Crippen LogP contribution in [-0.2, 0) is 41.4 Å². The zero-order valence-electron chi connectivity index (χ0n) is 31.8. The number of carbonyl (C=O) groups is 4. The molecule has 6 heterocycles. The molecule has 4 aliphatic heterocycles. The van der Waals surface area contributed by atoms with Crippen LogP contribution in [0.1, 0.15) is 83.3 Å². The van der Waals surface area contributed by atoms with E-state index in [2.05, 4.69) is 31.6 Å². The van der Waals surface area contributed by atoms with Gasteiger partial charge in [-0.25, -0.2) is 19.2 Å². The summed E-state index contributed by atoms with van der Waals surface area (Å²) >= 11 is 0. The number of aliphatic hydroxyl groups excluding tert-OH is 2. The van der Waals surface area contributed by atoms with Crippen molar-refractivity contribution in [3.8, 4) is 0 Å². The summed E-state index contributed by atoms with van der Waals surface area (Å²) in [6.07, 6.45) is -1.81. The van der Waals surface area contributed by atoms with Gasteiger partial charge in [0.1, 0.15) is 46.4 Å². The molecule has 1 saturated heterocycles. The Morgan fingerprint density at radius 3 is 1.71 bits per heavy atom. The maximum Gasteiger partial charge on any atom is 0.341 e. The topological polar surface area (TPSA) is 184 Å². The molecule has 2 aromatic heterocycles. The Labute approximate surface area is 319 Å². The number of esters is 4. The monoisotopic (exact) mass is 757 g/mol. The number of ether oxygens (including phenoxy) is 4. The lowest BCUT2D eigenvalue weighted by Gasteiger charge is -2.35. The molecule has 0 aromatic carbocycles. The Bertz CT molecular complexity index is 2060. The second kappa shape index (κ2) is 15.1.